The van der Waals surface area contributed by atoms with E-state index in [0.717, 1.165) is 12.8 Å². The number of carbonyl (C=O) groups is 2. The van der Waals surface area contributed by atoms with Crippen molar-refractivity contribution in [3.63, 3.8) is 0 Å². The lowest BCUT2D eigenvalue weighted by Crippen LogP contribution is -2.38. The molecule has 0 aliphatic heterocycles. The molecular formula is C26H28F3N5O3. The summed E-state index contributed by atoms with van der Waals surface area (Å²) in [5.74, 6) is 0.118. The van der Waals surface area contributed by atoms with E-state index >= 15 is 0 Å². The van der Waals surface area contributed by atoms with E-state index in [9.17, 15) is 22.8 Å². The van der Waals surface area contributed by atoms with Gasteiger partial charge in [0.05, 0.1) is 23.7 Å². The molecule has 2 aromatic heterocycles. The Kier molecular flexibility index (Phi) is 6.78. The number of aromatic amines is 1. The van der Waals surface area contributed by atoms with Gasteiger partial charge in [0.25, 0.3) is 12.3 Å². The van der Waals surface area contributed by atoms with E-state index in [-0.39, 0.29) is 29.9 Å². The molecule has 2 amide bonds. The molecule has 196 valence electrons. The maximum Gasteiger partial charge on any atom is 0.263 e. The molecule has 5 rings (SSSR count). The minimum Gasteiger partial charge on any atom is -0.493 e. The molecule has 1 aromatic carbocycles. The summed E-state index contributed by atoms with van der Waals surface area (Å²) in [6, 6.07) is 3.09. The average Bonchev–Trinajstić information content (AvgIpc) is 3.52. The smallest absolute Gasteiger partial charge is 0.263 e. The van der Waals surface area contributed by atoms with Crippen LogP contribution in [0, 0.1) is 12.8 Å². The van der Waals surface area contributed by atoms with Crippen molar-refractivity contribution in [3.05, 3.63) is 41.3 Å². The average molecular weight is 516 g/mol. The molecule has 2 heterocycles. The lowest BCUT2D eigenvalue weighted by atomic mass is 10.0. The second-order valence-corrected chi connectivity index (χ2v) is 9.85. The third-order valence-corrected chi connectivity index (χ3v) is 6.89. The number of aromatic nitrogens is 3. The van der Waals surface area contributed by atoms with E-state index in [2.05, 4.69) is 25.6 Å². The highest BCUT2D eigenvalue weighted by Crippen LogP contribution is 2.38. The van der Waals surface area contributed by atoms with Crippen molar-refractivity contribution in [1.82, 2.24) is 25.6 Å². The highest BCUT2D eigenvalue weighted by Gasteiger charge is 2.36. The van der Waals surface area contributed by atoms with Crippen LogP contribution in [-0.2, 0) is 4.79 Å². The molecule has 0 saturated heterocycles. The van der Waals surface area contributed by atoms with E-state index < -0.39 is 30.6 Å². The second kappa shape index (κ2) is 10.0. The third kappa shape index (κ3) is 5.26. The number of rotatable bonds is 8. The molecule has 37 heavy (non-hydrogen) atoms. The number of benzene rings is 1. The lowest BCUT2D eigenvalue weighted by Gasteiger charge is -2.14. The van der Waals surface area contributed by atoms with Crippen LogP contribution in [0.4, 0.5) is 13.2 Å². The molecule has 0 spiro atoms. The Balaban J connectivity index is 1.46. The van der Waals surface area contributed by atoms with Gasteiger partial charge in [-0.05, 0) is 50.3 Å². The zero-order valence-electron chi connectivity index (χ0n) is 20.5. The summed E-state index contributed by atoms with van der Waals surface area (Å²) < 4.78 is 47.4. The third-order valence-electron chi connectivity index (χ3n) is 6.89. The van der Waals surface area contributed by atoms with Gasteiger partial charge in [0, 0.05) is 36.2 Å². The first-order valence-corrected chi connectivity index (χ1v) is 12.3. The number of aryl methyl sites for hydroxylation is 1. The summed E-state index contributed by atoms with van der Waals surface area (Å²) in [4.78, 5) is 36.4. The molecule has 2 fully saturated rings. The molecule has 2 aliphatic carbocycles. The highest BCUT2D eigenvalue weighted by molar-refractivity contribution is 6.09. The number of H-pyrrole nitrogens is 1. The van der Waals surface area contributed by atoms with Gasteiger partial charge in [-0.1, -0.05) is 0 Å². The molecule has 3 atom stereocenters. The molecule has 2 saturated carbocycles. The Hall–Kier alpha value is -3.63. The van der Waals surface area contributed by atoms with Crippen LogP contribution < -0.4 is 15.4 Å². The predicted molar refractivity (Wildman–Crippen MR) is 130 cm³/mol. The number of nitrogens with one attached hydrogen (secondary N) is 3. The topological polar surface area (TPSA) is 109 Å². The summed E-state index contributed by atoms with van der Waals surface area (Å²) in [5, 5.41) is 5.43. The van der Waals surface area contributed by atoms with Crippen molar-refractivity contribution < 1.29 is 27.5 Å². The Labute approximate surface area is 211 Å². The minimum absolute atomic E-state index is 0.0838. The fourth-order valence-electron chi connectivity index (χ4n) is 4.86. The number of halogens is 3. The van der Waals surface area contributed by atoms with Gasteiger partial charge in [0.1, 0.15) is 29.5 Å². The van der Waals surface area contributed by atoms with Crippen molar-refractivity contribution in [2.24, 2.45) is 5.92 Å². The van der Waals surface area contributed by atoms with Gasteiger partial charge in [0.15, 0.2) is 0 Å². The maximum absolute atomic E-state index is 14.3. The Bertz CT molecular complexity index is 1340. The van der Waals surface area contributed by atoms with Crippen molar-refractivity contribution in [2.75, 3.05) is 6.61 Å². The van der Waals surface area contributed by atoms with E-state index in [0.29, 0.717) is 46.3 Å². The molecule has 3 aromatic rings. The number of nitrogens with zero attached hydrogens (tertiary/aromatic N) is 2. The molecule has 11 heteroatoms. The van der Waals surface area contributed by atoms with Gasteiger partial charge >= 0.3 is 0 Å². The molecule has 0 bridgehead atoms. The van der Waals surface area contributed by atoms with E-state index in [1.54, 1.807) is 6.92 Å². The van der Waals surface area contributed by atoms with Crippen LogP contribution in [0.2, 0.25) is 0 Å². The molecule has 2 aliphatic rings. The Morgan fingerprint density at radius 1 is 1.19 bits per heavy atom. The van der Waals surface area contributed by atoms with Gasteiger partial charge in [-0.15, -0.1) is 0 Å². The van der Waals surface area contributed by atoms with E-state index in [4.69, 9.17) is 4.74 Å². The van der Waals surface area contributed by atoms with Gasteiger partial charge in [-0.2, -0.15) is 0 Å². The highest BCUT2D eigenvalue weighted by atomic mass is 19.3. The largest absolute Gasteiger partial charge is 0.493 e. The first kappa shape index (κ1) is 25.0. The first-order chi connectivity index (χ1) is 17.7. The fourth-order valence-corrected chi connectivity index (χ4v) is 4.86. The fraction of sp³-hybridized carbons (Fsp3) is 0.462. The summed E-state index contributed by atoms with van der Waals surface area (Å²) in [7, 11) is 0. The Morgan fingerprint density at radius 2 is 1.97 bits per heavy atom. The standard InChI is InChI=1S/C26H28F3N5O3/c1-12-21(26(36)34-16-8-18(27)19(9-16)33-13(2)35)23-24(32-12)22(30-11-31-23)17-7-15(25(28)29)5-6-20(17)37-10-14-3-4-14/h5-7,11,14,16,18-19,25,32H,3-4,8-10H2,1-2H3,(H,33,35)(H,34,36). The van der Waals surface area contributed by atoms with Crippen molar-refractivity contribution in [2.45, 2.75) is 64.2 Å². The first-order valence-electron chi connectivity index (χ1n) is 12.3. The number of carbonyl (C=O) groups excluding carboxylic acids is 2. The number of alkyl halides is 3. The zero-order valence-corrected chi connectivity index (χ0v) is 20.5. The predicted octanol–water partition coefficient (Wildman–Crippen LogP) is 4.39. The van der Waals surface area contributed by atoms with Crippen LogP contribution >= 0.6 is 0 Å². The molecule has 0 radical (unpaired) electrons. The van der Waals surface area contributed by atoms with Crippen LogP contribution in [0.15, 0.2) is 24.5 Å². The number of ether oxygens (including phenoxy) is 1. The number of amides is 2. The van der Waals surface area contributed by atoms with Crippen LogP contribution in [0.5, 0.6) is 5.75 Å². The lowest BCUT2D eigenvalue weighted by molar-refractivity contribution is -0.120. The quantitative estimate of drug-likeness (QED) is 0.412. The SMILES string of the molecule is CC(=O)NC1CC(NC(=O)c2c(C)[nH]c3c(-c4cc(C(F)F)ccc4OCC4CC4)ncnc23)CC1F. The van der Waals surface area contributed by atoms with Gasteiger partial charge in [-0.3, -0.25) is 9.59 Å². The van der Waals surface area contributed by atoms with Gasteiger partial charge in [-0.25, -0.2) is 23.1 Å². The van der Waals surface area contributed by atoms with E-state index in [1.165, 1.54) is 31.5 Å². The van der Waals surface area contributed by atoms with E-state index in [1.807, 2.05) is 0 Å². The molecular weight excluding hydrogens is 487 g/mol. The Morgan fingerprint density at radius 3 is 2.68 bits per heavy atom. The molecule has 3 unspecified atom stereocenters. The number of fused-ring (bicyclic) bond motifs is 1. The van der Waals surface area contributed by atoms with Crippen molar-refractivity contribution in [1.29, 1.82) is 0 Å². The molecule has 3 N–H and O–H groups in total. The summed E-state index contributed by atoms with van der Waals surface area (Å²) in [6.45, 7) is 3.51. The number of hydrogen-bond donors (Lipinski definition) is 3. The maximum atomic E-state index is 14.3. The van der Waals surface area contributed by atoms with Crippen LogP contribution in [0.3, 0.4) is 0 Å². The monoisotopic (exact) mass is 515 g/mol. The van der Waals surface area contributed by atoms with Crippen LogP contribution in [0.1, 0.15) is 60.6 Å². The number of hydrogen-bond acceptors (Lipinski definition) is 5. The summed E-state index contributed by atoms with van der Waals surface area (Å²) >= 11 is 0. The summed E-state index contributed by atoms with van der Waals surface area (Å²) in [5.41, 5.74) is 2.07. The van der Waals surface area contributed by atoms with Gasteiger partial charge < -0.3 is 20.4 Å². The van der Waals surface area contributed by atoms with Crippen LogP contribution in [0.25, 0.3) is 22.3 Å². The normalized spacial score (nSPS) is 21.4. The molecule has 8 nitrogen and oxygen atoms in total. The minimum atomic E-state index is -2.67. The van der Waals surface area contributed by atoms with Gasteiger partial charge in [0.2, 0.25) is 5.91 Å². The summed E-state index contributed by atoms with van der Waals surface area (Å²) in [6.07, 6.45) is -0.146. The van der Waals surface area contributed by atoms with Crippen LogP contribution in [-0.4, -0.2) is 51.6 Å². The zero-order chi connectivity index (χ0) is 26.3. The van der Waals surface area contributed by atoms with Crippen molar-refractivity contribution in [3.8, 4) is 17.0 Å². The second-order valence-electron chi connectivity index (χ2n) is 9.85. The van der Waals surface area contributed by atoms with Crippen molar-refractivity contribution >= 4 is 22.8 Å².